The number of ether oxygens (including phenoxy) is 1. The number of nitrogens with one attached hydrogen (secondary N) is 1. The largest absolute Gasteiger partial charge is 0.497 e. The van der Waals surface area contributed by atoms with Gasteiger partial charge < -0.3 is 10.1 Å². The number of hydrogen-bond donors (Lipinski definition) is 1. The summed E-state index contributed by atoms with van der Waals surface area (Å²) in [5.74, 6) is 2.17. The molecule has 1 N–H and O–H groups in total. The molecule has 1 amide bonds. The van der Waals surface area contributed by atoms with Gasteiger partial charge in [-0.2, -0.15) is 0 Å². The number of rotatable bonds is 9. The Morgan fingerprint density at radius 2 is 1.88 bits per heavy atom. The number of carbonyl (C=O) groups excluding carboxylic acids is 1. The normalized spacial score (nSPS) is 12.2. The fraction of sp³-hybridized carbons (Fsp3) is 0.471. The molecule has 0 saturated carbocycles. The summed E-state index contributed by atoms with van der Waals surface area (Å²) >= 11 is 4.63. The van der Waals surface area contributed by atoms with E-state index in [1.165, 1.54) is 28.7 Å². The molecule has 1 aromatic heterocycles. The Kier molecular flexibility index (Phi) is 8.05. The smallest absolute Gasteiger partial charge is 0.233 e. The molecule has 0 saturated heterocycles. The highest BCUT2D eigenvalue weighted by atomic mass is 32.2. The SMILES string of the molecule is COc1ccc(CSc2nnc(S[C@H](C)C(=O)NCC(C)C)s2)cc1. The standard InChI is InChI=1S/C17H23N3O2S3/c1-11(2)9-18-15(21)12(3)24-17-20-19-16(25-17)23-10-13-5-7-14(22-4)8-6-13/h5-8,11-12H,9-10H2,1-4H3,(H,18,21)/t12-/m1/s1. The fourth-order valence-electron chi connectivity index (χ4n) is 1.82. The van der Waals surface area contributed by atoms with Crippen LogP contribution < -0.4 is 10.1 Å². The van der Waals surface area contributed by atoms with Crippen molar-refractivity contribution in [1.82, 2.24) is 15.5 Å². The van der Waals surface area contributed by atoms with Gasteiger partial charge in [0.2, 0.25) is 5.91 Å². The van der Waals surface area contributed by atoms with Gasteiger partial charge in [-0.25, -0.2) is 0 Å². The van der Waals surface area contributed by atoms with Gasteiger partial charge in [0.1, 0.15) is 5.75 Å². The second-order valence-corrected chi connectivity index (χ2v) is 9.66. The van der Waals surface area contributed by atoms with Gasteiger partial charge in [-0.1, -0.05) is 60.8 Å². The summed E-state index contributed by atoms with van der Waals surface area (Å²) in [6.07, 6.45) is 0. The zero-order valence-corrected chi connectivity index (χ0v) is 17.3. The molecule has 25 heavy (non-hydrogen) atoms. The van der Waals surface area contributed by atoms with Crippen LogP contribution in [0, 0.1) is 5.92 Å². The molecule has 0 aliphatic carbocycles. The van der Waals surface area contributed by atoms with Crippen molar-refractivity contribution in [2.75, 3.05) is 13.7 Å². The van der Waals surface area contributed by atoms with Crippen LogP contribution in [0.2, 0.25) is 0 Å². The third-order valence-corrected chi connectivity index (χ3v) is 6.55. The van der Waals surface area contributed by atoms with Crippen LogP contribution in [-0.2, 0) is 10.5 Å². The van der Waals surface area contributed by atoms with Gasteiger partial charge in [-0.05, 0) is 30.5 Å². The predicted octanol–water partition coefficient (Wildman–Crippen LogP) is 4.09. The summed E-state index contributed by atoms with van der Waals surface area (Å²) in [7, 11) is 1.66. The average molecular weight is 398 g/mol. The summed E-state index contributed by atoms with van der Waals surface area (Å²) in [4.78, 5) is 12.0. The maximum atomic E-state index is 12.0. The highest BCUT2D eigenvalue weighted by Crippen LogP contribution is 2.32. The molecule has 136 valence electrons. The second kappa shape index (κ2) is 10.0. The molecule has 2 rings (SSSR count). The Balaban J connectivity index is 1.81. The van der Waals surface area contributed by atoms with E-state index in [1.54, 1.807) is 18.9 Å². The molecular formula is C17H23N3O2S3. The number of thioether (sulfide) groups is 2. The molecule has 1 atom stereocenters. The molecular weight excluding hydrogens is 374 g/mol. The second-order valence-electron chi connectivity index (χ2n) is 5.87. The highest BCUT2D eigenvalue weighted by molar-refractivity contribution is 8.03. The first-order chi connectivity index (χ1) is 12.0. The van der Waals surface area contributed by atoms with E-state index >= 15 is 0 Å². The summed E-state index contributed by atoms with van der Waals surface area (Å²) in [6, 6.07) is 8.00. The van der Waals surface area contributed by atoms with Gasteiger partial charge in [0, 0.05) is 12.3 Å². The van der Waals surface area contributed by atoms with Gasteiger partial charge in [-0.15, -0.1) is 10.2 Å². The van der Waals surface area contributed by atoms with Crippen molar-refractivity contribution in [3.63, 3.8) is 0 Å². The number of methoxy groups -OCH3 is 1. The molecule has 0 aliphatic rings. The predicted molar refractivity (Wildman–Crippen MR) is 106 cm³/mol. The van der Waals surface area contributed by atoms with Gasteiger partial charge in [0.25, 0.3) is 0 Å². The summed E-state index contributed by atoms with van der Waals surface area (Å²) in [5.41, 5.74) is 1.21. The first-order valence-electron chi connectivity index (χ1n) is 8.01. The molecule has 8 heteroatoms. The Morgan fingerprint density at radius 1 is 1.20 bits per heavy atom. The van der Waals surface area contributed by atoms with Crippen molar-refractivity contribution in [2.45, 2.75) is 40.5 Å². The van der Waals surface area contributed by atoms with Crippen LogP contribution in [0.4, 0.5) is 0 Å². The molecule has 5 nitrogen and oxygen atoms in total. The lowest BCUT2D eigenvalue weighted by molar-refractivity contribution is -0.120. The lowest BCUT2D eigenvalue weighted by Gasteiger charge is -2.11. The number of benzene rings is 1. The number of hydrogen-bond acceptors (Lipinski definition) is 7. The third kappa shape index (κ3) is 6.87. The van der Waals surface area contributed by atoms with E-state index in [2.05, 4.69) is 29.4 Å². The zero-order valence-electron chi connectivity index (χ0n) is 14.8. The topological polar surface area (TPSA) is 64.1 Å². The van der Waals surface area contributed by atoms with Crippen molar-refractivity contribution in [2.24, 2.45) is 5.92 Å². The summed E-state index contributed by atoms with van der Waals surface area (Å²) < 4.78 is 6.89. The number of nitrogens with zero attached hydrogens (tertiary/aromatic N) is 2. The molecule has 0 spiro atoms. The minimum absolute atomic E-state index is 0.0429. The van der Waals surface area contributed by atoms with E-state index in [0.29, 0.717) is 12.5 Å². The van der Waals surface area contributed by atoms with Crippen LogP contribution in [0.15, 0.2) is 32.9 Å². The molecule has 1 aromatic carbocycles. The quantitative estimate of drug-likeness (QED) is 0.643. The maximum absolute atomic E-state index is 12.0. The Hall–Kier alpha value is -1.25. The molecule has 0 radical (unpaired) electrons. The lowest BCUT2D eigenvalue weighted by atomic mass is 10.2. The van der Waals surface area contributed by atoms with Crippen molar-refractivity contribution in [3.05, 3.63) is 29.8 Å². The number of carbonyl (C=O) groups is 1. The van der Waals surface area contributed by atoms with Crippen molar-refractivity contribution >= 4 is 40.8 Å². The Bertz CT molecular complexity index is 674. The van der Waals surface area contributed by atoms with Gasteiger partial charge in [0.15, 0.2) is 8.68 Å². The van der Waals surface area contributed by atoms with E-state index in [1.807, 2.05) is 31.2 Å². The molecule has 0 bridgehead atoms. The molecule has 0 unspecified atom stereocenters. The highest BCUT2D eigenvalue weighted by Gasteiger charge is 2.17. The number of amides is 1. The zero-order chi connectivity index (χ0) is 18.2. The van der Waals surface area contributed by atoms with Crippen molar-refractivity contribution in [1.29, 1.82) is 0 Å². The van der Waals surface area contributed by atoms with Crippen molar-refractivity contribution in [3.8, 4) is 5.75 Å². The van der Waals surface area contributed by atoms with E-state index in [0.717, 1.165) is 20.2 Å². The van der Waals surface area contributed by atoms with Crippen LogP contribution in [0.3, 0.4) is 0 Å². The van der Waals surface area contributed by atoms with Gasteiger partial charge >= 0.3 is 0 Å². The molecule has 2 aromatic rings. The van der Waals surface area contributed by atoms with Gasteiger partial charge in [-0.3, -0.25) is 4.79 Å². The van der Waals surface area contributed by atoms with Crippen LogP contribution in [0.1, 0.15) is 26.3 Å². The fourth-order valence-corrected chi connectivity index (χ4v) is 4.97. The third-order valence-electron chi connectivity index (χ3n) is 3.24. The van der Waals surface area contributed by atoms with E-state index in [9.17, 15) is 4.79 Å². The van der Waals surface area contributed by atoms with Crippen LogP contribution in [0.25, 0.3) is 0 Å². The maximum Gasteiger partial charge on any atom is 0.233 e. The van der Waals surface area contributed by atoms with Crippen LogP contribution >= 0.6 is 34.9 Å². The van der Waals surface area contributed by atoms with Gasteiger partial charge in [0.05, 0.1) is 12.4 Å². The summed E-state index contributed by atoms with van der Waals surface area (Å²) in [5, 5.41) is 11.2. The Morgan fingerprint density at radius 3 is 2.52 bits per heavy atom. The first kappa shape index (κ1) is 20.1. The lowest BCUT2D eigenvalue weighted by Crippen LogP contribution is -2.33. The summed E-state index contributed by atoms with van der Waals surface area (Å²) in [6.45, 7) is 6.75. The Labute approximate surface area is 161 Å². The van der Waals surface area contributed by atoms with Crippen molar-refractivity contribution < 1.29 is 9.53 Å². The van der Waals surface area contributed by atoms with E-state index in [-0.39, 0.29) is 11.2 Å². The van der Waals surface area contributed by atoms with E-state index in [4.69, 9.17) is 4.74 Å². The number of aromatic nitrogens is 2. The molecule has 0 fully saturated rings. The first-order valence-corrected chi connectivity index (χ1v) is 10.7. The average Bonchev–Trinajstić information content (AvgIpc) is 3.05. The minimum atomic E-state index is -0.175. The monoisotopic (exact) mass is 397 g/mol. The van der Waals surface area contributed by atoms with Crippen LogP contribution in [-0.4, -0.2) is 35.0 Å². The molecule has 1 heterocycles. The minimum Gasteiger partial charge on any atom is -0.497 e. The van der Waals surface area contributed by atoms with E-state index < -0.39 is 0 Å². The molecule has 0 aliphatic heterocycles. The van der Waals surface area contributed by atoms with Crippen LogP contribution in [0.5, 0.6) is 5.75 Å².